The Morgan fingerprint density at radius 1 is 1.56 bits per heavy atom. The predicted molar refractivity (Wildman–Crippen MR) is 35.6 cm³/mol. The number of rotatable bonds is 2. The molecule has 0 aromatic heterocycles. The van der Waals surface area contributed by atoms with E-state index in [2.05, 4.69) is 18.9 Å². The van der Waals surface area contributed by atoms with E-state index in [-0.39, 0.29) is 0 Å². The van der Waals surface area contributed by atoms with Crippen molar-refractivity contribution in [1.29, 1.82) is 0 Å². The first-order valence-corrected chi connectivity index (χ1v) is 3.34. The van der Waals surface area contributed by atoms with Crippen LogP contribution in [0.5, 0.6) is 0 Å². The maximum absolute atomic E-state index is 3.81. The molecular formula is C7H14NNo-. The summed E-state index contributed by atoms with van der Waals surface area (Å²) in [5.74, 6) is 0. The SMILES string of the molecule is [CH2-]CN(C)C1CCC1.[No]. The molecule has 1 nitrogen and oxygen atoms in total. The van der Waals surface area contributed by atoms with Crippen molar-refractivity contribution in [3.05, 3.63) is 6.92 Å². The molecule has 0 atom stereocenters. The molecule has 0 heterocycles. The van der Waals surface area contributed by atoms with E-state index in [0.717, 1.165) is 12.6 Å². The predicted octanol–water partition coefficient (Wildman–Crippen LogP) is 1.30. The van der Waals surface area contributed by atoms with Crippen LogP contribution in [0.25, 0.3) is 0 Å². The third-order valence-electron chi connectivity index (χ3n) is 2.05. The fourth-order valence-corrected chi connectivity index (χ4v) is 1.01. The molecule has 1 saturated carbocycles. The zero-order valence-corrected chi connectivity index (χ0v) is 8.05. The number of hydrogen-bond donors (Lipinski definition) is 0. The second-order valence-corrected chi connectivity index (χ2v) is 2.57. The minimum absolute atomic E-state index is 0. The van der Waals surface area contributed by atoms with E-state index >= 15 is 0 Å². The standard InChI is InChI=1S/C7H14N.No/c1-3-8(2)7-5-4-6-7;/h7H,1,3-6H2,2H3;/q-1;. The van der Waals surface area contributed by atoms with Crippen molar-refractivity contribution in [3.8, 4) is 0 Å². The zero-order chi connectivity index (χ0) is 5.98. The van der Waals surface area contributed by atoms with E-state index in [1.54, 1.807) is 0 Å². The fourth-order valence-electron chi connectivity index (χ4n) is 1.01. The van der Waals surface area contributed by atoms with Gasteiger partial charge < -0.3 is 11.8 Å². The normalized spacial score (nSPS) is 19.0. The average Bonchev–Trinajstić information content (AvgIpc) is 1.62. The molecule has 0 spiro atoms. The second kappa shape index (κ2) is 3.08. The molecule has 9 heavy (non-hydrogen) atoms. The van der Waals surface area contributed by atoms with Gasteiger partial charge in [-0.25, -0.2) is 0 Å². The Bertz CT molecular complexity index is 68.6. The molecule has 0 bridgehead atoms. The Kier molecular flexibility index (Phi) is 2.72. The summed E-state index contributed by atoms with van der Waals surface area (Å²) in [6.45, 7) is 4.78. The van der Waals surface area contributed by atoms with Crippen molar-refractivity contribution in [1.82, 2.24) is 4.90 Å². The molecule has 1 fully saturated rings. The molecule has 2 heteroatoms. The van der Waals surface area contributed by atoms with Crippen LogP contribution < -0.4 is 0 Å². The van der Waals surface area contributed by atoms with Gasteiger partial charge in [-0.1, -0.05) is 6.42 Å². The van der Waals surface area contributed by atoms with Crippen molar-refractivity contribution in [3.63, 3.8) is 0 Å². The van der Waals surface area contributed by atoms with Gasteiger partial charge in [0.15, 0.2) is 0 Å². The van der Waals surface area contributed by atoms with Gasteiger partial charge in [-0.3, -0.25) is 0 Å². The van der Waals surface area contributed by atoms with Crippen LogP contribution in [-0.2, 0) is 0 Å². The van der Waals surface area contributed by atoms with Crippen LogP contribution in [0.2, 0.25) is 0 Å². The molecule has 0 radical (unpaired) electrons. The van der Waals surface area contributed by atoms with E-state index in [1.165, 1.54) is 19.3 Å². The molecule has 0 amide bonds. The van der Waals surface area contributed by atoms with Crippen molar-refractivity contribution >= 4 is 0 Å². The molecular weight excluding hydrogens is 357 g/mol. The minimum atomic E-state index is 0. The molecule has 62 valence electrons. The third-order valence-corrected chi connectivity index (χ3v) is 2.05. The van der Waals surface area contributed by atoms with Gasteiger partial charge in [0.25, 0.3) is 0 Å². The van der Waals surface area contributed by atoms with Gasteiger partial charge in [0, 0.05) is 6.04 Å². The van der Waals surface area contributed by atoms with Crippen LogP contribution in [0.3, 0.4) is 0 Å². The Morgan fingerprint density at radius 2 is 2.11 bits per heavy atom. The molecule has 1 aliphatic rings. The van der Waals surface area contributed by atoms with Crippen molar-refractivity contribution in [2.45, 2.75) is 25.3 Å². The van der Waals surface area contributed by atoms with Gasteiger partial charge in [0.2, 0.25) is 0 Å². The fraction of sp³-hybridized carbons (Fsp3) is 0.857. The van der Waals surface area contributed by atoms with Gasteiger partial charge in [0.05, 0.1) is 0 Å². The molecule has 0 unspecified atom stereocenters. The Labute approximate surface area is 51.7 Å². The van der Waals surface area contributed by atoms with Crippen LogP contribution in [0.15, 0.2) is 0 Å². The summed E-state index contributed by atoms with van der Waals surface area (Å²) in [5, 5.41) is 0. The van der Waals surface area contributed by atoms with Crippen LogP contribution in [0.4, 0.5) is 0 Å². The summed E-state index contributed by atoms with van der Waals surface area (Å²) in [4.78, 5) is 2.32. The van der Waals surface area contributed by atoms with Crippen LogP contribution in [0, 0.1) is 6.92 Å². The minimum Gasteiger partial charge on any atom is -0.333 e. The molecule has 0 aliphatic heterocycles. The van der Waals surface area contributed by atoms with Gasteiger partial charge in [-0.15, -0.1) is 6.54 Å². The van der Waals surface area contributed by atoms with Crippen molar-refractivity contribution in [2.24, 2.45) is 0 Å². The quantitative estimate of drug-likeness (QED) is 0.662. The summed E-state index contributed by atoms with van der Waals surface area (Å²) < 4.78 is 0. The zero-order valence-electron chi connectivity index (χ0n) is 5.83. The topological polar surface area (TPSA) is 3.24 Å². The number of hydrogen-bond acceptors (Lipinski definition) is 1. The third kappa shape index (κ3) is 1.43. The van der Waals surface area contributed by atoms with Gasteiger partial charge in [-0.05, 0) is 19.9 Å². The van der Waals surface area contributed by atoms with Crippen LogP contribution >= 0.6 is 0 Å². The monoisotopic (exact) mass is 371 g/mol. The molecule has 0 saturated heterocycles. The largest absolute Gasteiger partial charge is 0.333 e. The Morgan fingerprint density at radius 3 is 2.22 bits per heavy atom. The van der Waals surface area contributed by atoms with Crippen LogP contribution in [-0.4, -0.2) is 24.5 Å². The van der Waals surface area contributed by atoms with E-state index in [4.69, 9.17) is 0 Å². The van der Waals surface area contributed by atoms with Gasteiger partial charge in [0.1, 0.15) is 0 Å². The van der Waals surface area contributed by atoms with Crippen LogP contribution in [0.1, 0.15) is 19.3 Å². The molecule has 0 aromatic carbocycles. The smallest absolute Gasteiger partial charge is 0.00637 e. The summed E-state index contributed by atoms with van der Waals surface area (Å²) >= 11 is 0. The molecule has 0 aromatic rings. The van der Waals surface area contributed by atoms with Gasteiger partial charge >= 0.3 is 0 Å². The van der Waals surface area contributed by atoms with E-state index in [0.29, 0.717) is 0 Å². The van der Waals surface area contributed by atoms with Crippen molar-refractivity contribution in [2.75, 3.05) is 13.6 Å². The van der Waals surface area contributed by atoms with Crippen molar-refractivity contribution < 1.29 is 0 Å². The average molecular weight is 371 g/mol. The first-order valence-electron chi connectivity index (χ1n) is 3.34. The Balaban J connectivity index is 0.000000640. The first-order chi connectivity index (χ1) is 3.84. The molecule has 0 N–H and O–H groups in total. The summed E-state index contributed by atoms with van der Waals surface area (Å²) in [6, 6.07) is 0.868. The molecule has 1 aliphatic carbocycles. The van der Waals surface area contributed by atoms with E-state index in [1.807, 2.05) is 0 Å². The van der Waals surface area contributed by atoms with Gasteiger partial charge in [-0.2, -0.15) is 0 Å². The summed E-state index contributed by atoms with van der Waals surface area (Å²) in [7, 11) is 2.15. The second-order valence-electron chi connectivity index (χ2n) is 2.57. The van der Waals surface area contributed by atoms with E-state index in [9.17, 15) is 0 Å². The summed E-state index contributed by atoms with van der Waals surface area (Å²) in [6.07, 6.45) is 4.22. The first kappa shape index (κ1) is 7.96. The van der Waals surface area contributed by atoms with E-state index < -0.39 is 0 Å². The molecule has 1 rings (SSSR count). The maximum atomic E-state index is 3.81. The number of nitrogens with zero attached hydrogens (tertiary/aromatic N) is 1. The Hall–Kier alpha value is -1.04. The maximum Gasteiger partial charge on any atom is 0.00637 e. The summed E-state index contributed by atoms with van der Waals surface area (Å²) in [5.41, 5.74) is 0.